The number of likely N-dealkylation sites (tertiary alicyclic amines) is 1. The van der Waals surface area contributed by atoms with Crippen LogP contribution in [-0.2, 0) is 7.05 Å². The predicted octanol–water partition coefficient (Wildman–Crippen LogP) is 5.57. The Morgan fingerprint density at radius 2 is 1.84 bits per heavy atom. The van der Waals surface area contributed by atoms with Crippen LogP contribution in [0.5, 0.6) is 5.75 Å². The van der Waals surface area contributed by atoms with E-state index in [1.807, 2.05) is 24.3 Å². The van der Waals surface area contributed by atoms with Crippen molar-refractivity contribution in [3.05, 3.63) is 106 Å². The van der Waals surface area contributed by atoms with Crippen LogP contribution in [0.4, 0.5) is 11.5 Å². The maximum Gasteiger partial charge on any atom is 0.284 e. The molecule has 3 N–H and O–H groups in total. The first-order valence-corrected chi connectivity index (χ1v) is 15.1. The van der Waals surface area contributed by atoms with Crippen LogP contribution >= 0.6 is 11.6 Å². The number of benzene rings is 3. The Balaban J connectivity index is 1.19. The van der Waals surface area contributed by atoms with Gasteiger partial charge in [-0.2, -0.15) is 0 Å². The van der Waals surface area contributed by atoms with Gasteiger partial charge in [0, 0.05) is 34.9 Å². The first kappa shape index (κ1) is 30.1. The highest BCUT2D eigenvalue weighted by Gasteiger charge is 2.23. The molecule has 0 radical (unpaired) electrons. The predicted molar refractivity (Wildman–Crippen MR) is 177 cm³/mol. The number of nitrogens with zero attached hydrogens (tertiary/aromatic N) is 5. The third kappa shape index (κ3) is 6.20. The van der Waals surface area contributed by atoms with Gasteiger partial charge in [0.05, 0.1) is 23.3 Å². The van der Waals surface area contributed by atoms with E-state index < -0.39 is 11.5 Å². The van der Waals surface area contributed by atoms with Gasteiger partial charge >= 0.3 is 0 Å². The molecular formula is C34H34ClN7O3. The topological polar surface area (TPSA) is 120 Å². The molecule has 45 heavy (non-hydrogen) atoms. The summed E-state index contributed by atoms with van der Waals surface area (Å²) in [5.74, 6) is 0.555. The Bertz CT molecular complexity index is 1930. The van der Waals surface area contributed by atoms with Gasteiger partial charge < -0.3 is 20.7 Å². The number of nitrogens with two attached hydrogens (primary N) is 1. The van der Waals surface area contributed by atoms with Crippen molar-refractivity contribution in [2.45, 2.75) is 25.8 Å². The van der Waals surface area contributed by atoms with Crippen LogP contribution in [0.2, 0.25) is 5.02 Å². The molecule has 1 aliphatic heterocycles. The van der Waals surface area contributed by atoms with Crippen LogP contribution in [0.25, 0.3) is 28.2 Å². The number of hydrogen-bond acceptors (Lipinski definition) is 7. The first-order valence-electron chi connectivity index (χ1n) is 14.7. The summed E-state index contributed by atoms with van der Waals surface area (Å²) in [6, 6.07) is 22.2. The Morgan fingerprint density at radius 1 is 1.07 bits per heavy atom. The Hall–Kier alpha value is -4.93. The third-order valence-corrected chi connectivity index (χ3v) is 8.53. The van der Waals surface area contributed by atoms with Crippen molar-refractivity contribution in [2.75, 3.05) is 31.2 Å². The molecule has 3 heterocycles. The van der Waals surface area contributed by atoms with E-state index in [9.17, 15) is 9.59 Å². The molecule has 6 rings (SSSR count). The minimum atomic E-state index is -0.510. The van der Waals surface area contributed by atoms with Crippen LogP contribution < -0.4 is 21.3 Å². The largest absolute Gasteiger partial charge is 0.492 e. The number of hydrogen-bond donors (Lipinski definition) is 2. The number of likely N-dealkylation sites (N-methyl/N-ethyl adjacent to an activating group) is 1. The van der Waals surface area contributed by atoms with E-state index in [-0.39, 0.29) is 11.4 Å². The van der Waals surface area contributed by atoms with Crippen LogP contribution in [0.15, 0.2) is 83.8 Å². The molecule has 10 nitrogen and oxygen atoms in total. The van der Waals surface area contributed by atoms with Gasteiger partial charge in [0.2, 0.25) is 0 Å². The molecule has 5 aromatic rings. The van der Waals surface area contributed by atoms with Gasteiger partial charge in [0.25, 0.3) is 11.5 Å². The van der Waals surface area contributed by atoms with Gasteiger partial charge in [-0.3, -0.25) is 14.3 Å². The maximum absolute atomic E-state index is 13.3. The molecule has 1 amide bonds. The van der Waals surface area contributed by atoms with E-state index in [1.54, 1.807) is 73.4 Å². The molecule has 1 saturated heterocycles. The van der Waals surface area contributed by atoms with Gasteiger partial charge in [-0.05, 0) is 75.8 Å². The lowest BCUT2D eigenvalue weighted by Gasteiger charge is -2.19. The smallest absolute Gasteiger partial charge is 0.284 e. The summed E-state index contributed by atoms with van der Waals surface area (Å²) in [7, 11) is 3.86. The monoisotopic (exact) mass is 623 g/mol. The number of aromatic nitrogens is 4. The van der Waals surface area contributed by atoms with Gasteiger partial charge in [-0.1, -0.05) is 41.9 Å². The molecule has 1 fully saturated rings. The van der Waals surface area contributed by atoms with Gasteiger partial charge in [0.1, 0.15) is 29.4 Å². The number of rotatable bonds is 8. The summed E-state index contributed by atoms with van der Waals surface area (Å²) in [5, 5.41) is 3.33. The fourth-order valence-electron chi connectivity index (χ4n) is 5.65. The van der Waals surface area contributed by atoms with E-state index in [4.69, 9.17) is 27.1 Å². The van der Waals surface area contributed by atoms with Gasteiger partial charge in [-0.15, -0.1) is 0 Å². The number of carbonyl (C=O) groups is 1. The number of nitrogens with one attached hydrogen (secondary N) is 1. The highest BCUT2D eigenvalue weighted by molar-refractivity contribution is 6.30. The van der Waals surface area contributed by atoms with E-state index in [2.05, 4.69) is 22.2 Å². The standard InChI is InChI=1S/C34H34ClN7O3/c1-21-30(34(44)42(41(21)3)26-9-5-8-24(35)18-26)33(43)38-25-14-12-22(13-15-25)31-32(36)37-19-29(39-31)23-7-4-11-28(17-23)45-20-27-10-6-16-40(27)2/h4-5,7-9,11-15,17-19,27H,6,10,16,20H2,1-3H3,(H2,36,37)(H,38,43). The third-order valence-electron chi connectivity index (χ3n) is 8.29. The molecule has 3 aromatic carbocycles. The number of amides is 1. The molecule has 1 aliphatic rings. The van der Waals surface area contributed by atoms with Crippen LogP contribution in [-0.4, -0.2) is 56.4 Å². The summed E-state index contributed by atoms with van der Waals surface area (Å²) >= 11 is 6.14. The average molecular weight is 624 g/mol. The first-order chi connectivity index (χ1) is 21.7. The zero-order valence-electron chi connectivity index (χ0n) is 25.3. The summed E-state index contributed by atoms with van der Waals surface area (Å²) in [5.41, 5.74) is 10.2. The van der Waals surface area contributed by atoms with Crippen molar-refractivity contribution in [2.24, 2.45) is 7.05 Å². The molecule has 11 heteroatoms. The number of carbonyl (C=O) groups excluding carboxylic acids is 1. The second-order valence-corrected chi connectivity index (χ2v) is 11.7. The Labute approximate surface area is 266 Å². The summed E-state index contributed by atoms with van der Waals surface area (Å²) in [4.78, 5) is 38.1. The molecular weight excluding hydrogens is 590 g/mol. The second kappa shape index (κ2) is 12.6. The van der Waals surface area contributed by atoms with Crippen molar-refractivity contribution >= 4 is 29.0 Å². The SMILES string of the molecule is Cc1c(C(=O)Nc2ccc(-c3nc(-c4cccc(OCC5CCCN5C)c4)cnc3N)cc2)c(=O)n(-c2cccc(Cl)c2)n1C. The summed E-state index contributed by atoms with van der Waals surface area (Å²) in [6.07, 6.45) is 3.98. The lowest BCUT2D eigenvalue weighted by atomic mass is 10.1. The maximum atomic E-state index is 13.3. The number of halogens is 1. The molecule has 0 saturated carbocycles. The van der Waals surface area contributed by atoms with Crippen molar-refractivity contribution in [3.8, 4) is 34.0 Å². The van der Waals surface area contributed by atoms with Gasteiger partial charge in [0.15, 0.2) is 0 Å². The summed E-state index contributed by atoms with van der Waals surface area (Å²) < 4.78 is 9.17. The molecule has 0 aliphatic carbocycles. The normalized spacial score (nSPS) is 14.9. The molecule has 2 aromatic heterocycles. The molecule has 0 spiro atoms. The minimum absolute atomic E-state index is 0.0471. The molecule has 230 valence electrons. The number of ether oxygens (including phenoxy) is 1. The highest BCUT2D eigenvalue weighted by Crippen LogP contribution is 2.29. The Kier molecular flexibility index (Phi) is 8.42. The van der Waals surface area contributed by atoms with E-state index >= 15 is 0 Å². The molecule has 1 atom stereocenters. The molecule has 0 bridgehead atoms. The van der Waals surface area contributed by atoms with E-state index in [0.29, 0.717) is 46.1 Å². The van der Waals surface area contributed by atoms with Crippen LogP contribution in [0, 0.1) is 6.92 Å². The van der Waals surface area contributed by atoms with E-state index in [0.717, 1.165) is 29.8 Å². The molecule has 1 unspecified atom stereocenters. The Morgan fingerprint density at radius 3 is 2.58 bits per heavy atom. The average Bonchev–Trinajstić information content (AvgIpc) is 3.54. The van der Waals surface area contributed by atoms with E-state index in [1.165, 1.54) is 11.1 Å². The zero-order valence-corrected chi connectivity index (χ0v) is 26.1. The summed E-state index contributed by atoms with van der Waals surface area (Å²) in [6.45, 7) is 3.47. The lowest BCUT2D eigenvalue weighted by molar-refractivity contribution is 0.102. The van der Waals surface area contributed by atoms with Crippen LogP contribution in [0.3, 0.4) is 0 Å². The quantitative estimate of drug-likeness (QED) is 0.232. The fourth-order valence-corrected chi connectivity index (χ4v) is 5.84. The van der Waals surface area contributed by atoms with Crippen LogP contribution in [0.1, 0.15) is 28.9 Å². The highest BCUT2D eigenvalue weighted by atomic mass is 35.5. The van der Waals surface area contributed by atoms with Crippen molar-refractivity contribution in [1.82, 2.24) is 24.2 Å². The lowest BCUT2D eigenvalue weighted by Crippen LogP contribution is -2.30. The number of nitrogen functional groups attached to an aromatic ring is 1. The second-order valence-electron chi connectivity index (χ2n) is 11.2. The zero-order chi connectivity index (χ0) is 31.7. The van der Waals surface area contributed by atoms with Crippen molar-refractivity contribution in [3.63, 3.8) is 0 Å². The minimum Gasteiger partial charge on any atom is -0.492 e. The van der Waals surface area contributed by atoms with Crippen molar-refractivity contribution in [1.29, 1.82) is 0 Å². The fraction of sp³-hybridized carbons (Fsp3) is 0.235. The van der Waals surface area contributed by atoms with Crippen molar-refractivity contribution < 1.29 is 9.53 Å². The van der Waals surface area contributed by atoms with Gasteiger partial charge in [-0.25, -0.2) is 14.6 Å². The number of anilines is 2.